The SMILES string of the molecule is COc1cccc(CNC(=O)c2nnn(-c3ccccc3)c2-c2cccnc2)c1. The molecule has 0 aliphatic carbocycles. The summed E-state index contributed by atoms with van der Waals surface area (Å²) >= 11 is 0. The first-order chi connectivity index (χ1) is 14.3. The zero-order valence-corrected chi connectivity index (χ0v) is 15.8. The molecule has 4 rings (SSSR count). The molecule has 1 N–H and O–H groups in total. The van der Waals surface area contributed by atoms with Crippen LogP contribution in [0.4, 0.5) is 0 Å². The van der Waals surface area contributed by atoms with Crippen LogP contribution in [0, 0.1) is 0 Å². The van der Waals surface area contributed by atoms with E-state index in [1.807, 2.05) is 66.7 Å². The van der Waals surface area contributed by atoms with Gasteiger partial charge < -0.3 is 10.1 Å². The molecule has 0 unspecified atom stereocenters. The Bertz CT molecular complexity index is 1110. The van der Waals surface area contributed by atoms with Gasteiger partial charge in [-0.25, -0.2) is 4.68 Å². The van der Waals surface area contributed by atoms with Crippen molar-refractivity contribution in [1.29, 1.82) is 0 Å². The van der Waals surface area contributed by atoms with Gasteiger partial charge in [0, 0.05) is 24.5 Å². The fourth-order valence-corrected chi connectivity index (χ4v) is 3.00. The monoisotopic (exact) mass is 385 g/mol. The summed E-state index contributed by atoms with van der Waals surface area (Å²) < 4.78 is 6.88. The van der Waals surface area contributed by atoms with Crippen molar-refractivity contribution < 1.29 is 9.53 Å². The minimum Gasteiger partial charge on any atom is -0.497 e. The van der Waals surface area contributed by atoms with Crippen molar-refractivity contribution >= 4 is 5.91 Å². The van der Waals surface area contributed by atoms with Gasteiger partial charge in [-0.1, -0.05) is 35.5 Å². The predicted octanol–water partition coefficient (Wildman–Crippen LogP) is 3.27. The Labute approximate surface area is 168 Å². The predicted molar refractivity (Wildman–Crippen MR) is 109 cm³/mol. The maximum atomic E-state index is 12.9. The fourth-order valence-electron chi connectivity index (χ4n) is 3.00. The third-order valence-corrected chi connectivity index (χ3v) is 4.41. The molecule has 29 heavy (non-hydrogen) atoms. The van der Waals surface area contributed by atoms with Crippen LogP contribution in [0.1, 0.15) is 16.1 Å². The summed E-state index contributed by atoms with van der Waals surface area (Å²) in [4.78, 5) is 17.1. The molecule has 2 aromatic heterocycles. The van der Waals surface area contributed by atoms with Crippen molar-refractivity contribution in [3.63, 3.8) is 0 Å². The maximum absolute atomic E-state index is 12.9. The van der Waals surface area contributed by atoms with Crippen molar-refractivity contribution in [3.05, 3.63) is 90.4 Å². The molecule has 7 heteroatoms. The van der Waals surface area contributed by atoms with E-state index < -0.39 is 0 Å². The van der Waals surface area contributed by atoms with E-state index in [1.165, 1.54) is 0 Å². The van der Waals surface area contributed by atoms with Crippen LogP contribution in [0.15, 0.2) is 79.1 Å². The highest BCUT2D eigenvalue weighted by atomic mass is 16.5. The number of benzene rings is 2. The number of rotatable bonds is 6. The van der Waals surface area contributed by atoms with Crippen LogP contribution in [0.5, 0.6) is 5.75 Å². The first-order valence-corrected chi connectivity index (χ1v) is 9.09. The lowest BCUT2D eigenvalue weighted by atomic mass is 10.1. The third-order valence-electron chi connectivity index (χ3n) is 4.41. The van der Waals surface area contributed by atoms with E-state index in [0.29, 0.717) is 12.2 Å². The minimum absolute atomic E-state index is 0.241. The number of para-hydroxylation sites is 1. The van der Waals surface area contributed by atoms with Gasteiger partial charge in [-0.3, -0.25) is 9.78 Å². The number of nitrogens with one attached hydrogen (secondary N) is 1. The number of carbonyl (C=O) groups is 1. The van der Waals surface area contributed by atoms with Gasteiger partial charge in [-0.2, -0.15) is 0 Å². The molecule has 0 aliphatic heterocycles. The number of methoxy groups -OCH3 is 1. The summed E-state index contributed by atoms with van der Waals surface area (Å²) in [5.74, 6) is 0.427. The lowest BCUT2D eigenvalue weighted by Gasteiger charge is -2.09. The molecule has 0 bridgehead atoms. The quantitative estimate of drug-likeness (QED) is 0.551. The Balaban J connectivity index is 1.66. The molecule has 1 amide bonds. The van der Waals surface area contributed by atoms with Gasteiger partial charge in [-0.05, 0) is 42.0 Å². The molecule has 0 aliphatic rings. The number of aromatic nitrogens is 4. The standard InChI is InChI=1S/C22H19N5O2/c1-29-19-11-5-7-16(13-19)14-24-22(28)20-21(17-8-6-12-23-15-17)27(26-25-20)18-9-3-2-4-10-18/h2-13,15H,14H2,1H3,(H,24,28). The highest BCUT2D eigenvalue weighted by molar-refractivity contribution is 5.98. The van der Waals surface area contributed by atoms with Crippen molar-refractivity contribution in [2.24, 2.45) is 0 Å². The summed E-state index contributed by atoms with van der Waals surface area (Å²) in [6, 6.07) is 20.8. The minimum atomic E-state index is -0.311. The van der Waals surface area contributed by atoms with Crippen molar-refractivity contribution in [3.8, 4) is 22.7 Å². The smallest absolute Gasteiger partial charge is 0.274 e. The normalized spacial score (nSPS) is 10.5. The van der Waals surface area contributed by atoms with Crippen LogP contribution in [-0.4, -0.2) is 33.0 Å². The Morgan fingerprint density at radius 3 is 2.69 bits per heavy atom. The molecule has 4 aromatic rings. The molecule has 144 valence electrons. The number of hydrogen-bond acceptors (Lipinski definition) is 5. The van der Waals surface area contributed by atoms with Crippen molar-refractivity contribution in [1.82, 2.24) is 25.3 Å². The van der Waals surface area contributed by atoms with Crippen LogP contribution < -0.4 is 10.1 Å². The summed E-state index contributed by atoms with van der Waals surface area (Å²) in [7, 11) is 1.61. The molecule has 0 saturated heterocycles. The number of nitrogens with zero attached hydrogens (tertiary/aromatic N) is 4. The van der Waals surface area contributed by atoms with Crippen LogP contribution in [0.25, 0.3) is 16.9 Å². The average Bonchev–Trinajstić information content (AvgIpc) is 3.24. The Morgan fingerprint density at radius 1 is 1.07 bits per heavy atom. The molecule has 0 radical (unpaired) electrons. The van der Waals surface area contributed by atoms with Gasteiger partial charge in [-0.15, -0.1) is 5.10 Å². The zero-order chi connectivity index (χ0) is 20.1. The van der Waals surface area contributed by atoms with E-state index in [0.717, 1.165) is 22.6 Å². The van der Waals surface area contributed by atoms with E-state index in [4.69, 9.17) is 4.74 Å². The molecule has 7 nitrogen and oxygen atoms in total. The summed E-state index contributed by atoms with van der Waals surface area (Å²) in [6.45, 7) is 0.348. The largest absolute Gasteiger partial charge is 0.497 e. The highest BCUT2D eigenvalue weighted by Gasteiger charge is 2.22. The zero-order valence-electron chi connectivity index (χ0n) is 15.8. The molecule has 0 fully saturated rings. The molecule has 2 aromatic carbocycles. The van der Waals surface area contributed by atoms with Gasteiger partial charge in [0.2, 0.25) is 0 Å². The van der Waals surface area contributed by atoms with E-state index >= 15 is 0 Å². The molecular weight excluding hydrogens is 366 g/mol. The molecule has 0 spiro atoms. The van der Waals surface area contributed by atoms with E-state index in [-0.39, 0.29) is 11.6 Å². The molecule has 2 heterocycles. The van der Waals surface area contributed by atoms with Gasteiger partial charge in [0.1, 0.15) is 11.4 Å². The van der Waals surface area contributed by atoms with Crippen LogP contribution >= 0.6 is 0 Å². The second-order valence-electron chi connectivity index (χ2n) is 6.31. The Hall–Kier alpha value is -4.00. The first-order valence-electron chi connectivity index (χ1n) is 9.09. The lowest BCUT2D eigenvalue weighted by Crippen LogP contribution is -2.24. The van der Waals surface area contributed by atoms with E-state index in [9.17, 15) is 4.79 Å². The maximum Gasteiger partial charge on any atom is 0.274 e. The number of amides is 1. The summed E-state index contributed by atoms with van der Waals surface area (Å²) in [6.07, 6.45) is 3.37. The van der Waals surface area contributed by atoms with Crippen molar-refractivity contribution in [2.45, 2.75) is 6.54 Å². The molecule has 0 atom stereocenters. The van der Waals surface area contributed by atoms with Crippen LogP contribution in [0.2, 0.25) is 0 Å². The van der Waals surface area contributed by atoms with Gasteiger partial charge in [0.05, 0.1) is 12.8 Å². The van der Waals surface area contributed by atoms with Gasteiger partial charge >= 0.3 is 0 Å². The van der Waals surface area contributed by atoms with Gasteiger partial charge in [0.25, 0.3) is 5.91 Å². The number of pyridine rings is 1. The molecule has 0 saturated carbocycles. The fraction of sp³-hybridized carbons (Fsp3) is 0.0909. The van der Waals surface area contributed by atoms with E-state index in [2.05, 4.69) is 20.6 Å². The number of carbonyl (C=O) groups excluding carboxylic acids is 1. The van der Waals surface area contributed by atoms with Crippen LogP contribution in [-0.2, 0) is 6.54 Å². The summed E-state index contributed by atoms with van der Waals surface area (Å²) in [5.41, 5.74) is 3.33. The second-order valence-corrected chi connectivity index (χ2v) is 6.31. The van der Waals surface area contributed by atoms with Crippen molar-refractivity contribution in [2.75, 3.05) is 7.11 Å². The first kappa shape index (κ1) is 18.4. The van der Waals surface area contributed by atoms with Gasteiger partial charge in [0.15, 0.2) is 5.69 Å². The summed E-state index contributed by atoms with van der Waals surface area (Å²) in [5, 5.41) is 11.3. The Morgan fingerprint density at radius 2 is 1.93 bits per heavy atom. The molecular formula is C22H19N5O2. The van der Waals surface area contributed by atoms with E-state index in [1.54, 1.807) is 24.2 Å². The van der Waals surface area contributed by atoms with Crippen LogP contribution in [0.3, 0.4) is 0 Å². The topological polar surface area (TPSA) is 81.9 Å². The third kappa shape index (κ3) is 3.98. The number of ether oxygens (including phenoxy) is 1. The second kappa shape index (κ2) is 8.35. The lowest BCUT2D eigenvalue weighted by molar-refractivity contribution is 0.0946. The Kier molecular flexibility index (Phi) is 5.29. The average molecular weight is 385 g/mol. The number of hydrogen-bond donors (Lipinski definition) is 1. The highest BCUT2D eigenvalue weighted by Crippen LogP contribution is 2.24.